The van der Waals surface area contributed by atoms with Crippen molar-refractivity contribution in [1.82, 2.24) is 5.43 Å². The summed E-state index contributed by atoms with van der Waals surface area (Å²) < 4.78 is 17.5. The van der Waals surface area contributed by atoms with Crippen LogP contribution in [0.2, 0.25) is 0 Å². The number of ether oxygens (including phenoxy) is 3. The molecule has 0 bridgehead atoms. The van der Waals surface area contributed by atoms with E-state index in [1.807, 2.05) is 49.4 Å². The van der Waals surface area contributed by atoms with Crippen molar-refractivity contribution >= 4 is 44.8 Å². The van der Waals surface area contributed by atoms with E-state index in [0.717, 1.165) is 15.2 Å². The molecule has 0 spiro atoms. The predicted molar refractivity (Wildman–Crippen MR) is 146 cm³/mol. The number of esters is 1. The predicted octanol–water partition coefficient (Wildman–Crippen LogP) is 6.14. The summed E-state index contributed by atoms with van der Waals surface area (Å²) in [5.41, 5.74) is 3.35. The maximum absolute atomic E-state index is 12.6. The van der Waals surface area contributed by atoms with Gasteiger partial charge in [-0.15, -0.1) is 0 Å². The molecule has 4 aromatic carbocycles. The highest BCUT2D eigenvalue weighted by molar-refractivity contribution is 9.10. The summed E-state index contributed by atoms with van der Waals surface area (Å²) in [6.07, 6.45) is 0.629. The number of hydrogen-bond acceptors (Lipinski definition) is 6. The Morgan fingerprint density at radius 1 is 0.946 bits per heavy atom. The molecule has 4 aromatic rings. The number of carbonyl (C=O) groups is 2. The van der Waals surface area contributed by atoms with Gasteiger partial charge >= 0.3 is 5.97 Å². The summed E-state index contributed by atoms with van der Waals surface area (Å²) in [6.45, 7) is 4.07. The Kier molecular flexibility index (Phi) is 8.53. The Balaban J connectivity index is 1.39. The molecule has 0 aromatic heterocycles. The van der Waals surface area contributed by atoms with E-state index >= 15 is 0 Å². The van der Waals surface area contributed by atoms with Crippen molar-refractivity contribution in [1.29, 1.82) is 0 Å². The zero-order valence-corrected chi connectivity index (χ0v) is 21.9. The van der Waals surface area contributed by atoms with Crippen molar-refractivity contribution in [2.75, 3.05) is 6.61 Å². The minimum absolute atomic E-state index is 0.292. The van der Waals surface area contributed by atoms with Crippen LogP contribution in [0.1, 0.15) is 29.8 Å². The molecule has 1 amide bonds. The van der Waals surface area contributed by atoms with Crippen LogP contribution in [0.25, 0.3) is 10.8 Å². The molecular weight excluding hydrogens is 536 g/mol. The highest BCUT2D eigenvalue weighted by Crippen LogP contribution is 2.24. The van der Waals surface area contributed by atoms with Gasteiger partial charge < -0.3 is 14.2 Å². The average molecular weight is 561 g/mol. The molecule has 1 atom stereocenters. The quantitative estimate of drug-likeness (QED) is 0.115. The molecule has 1 N–H and O–H groups in total. The summed E-state index contributed by atoms with van der Waals surface area (Å²) in [6, 6.07) is 25.4. The van der Waals surface area contributed by atoms with Gasteiger partial charge in [0.1, 0.15) is 17.2 Å². The Morgan fingerprint density at radius 3 is 2.43 bits per heavy atom. The first kappa shape index (κ1) is 25.9. The highest BCUT2D eigenvalue weighted by atomic mass is 79.9. The van der Waals surface area contributed by atoms with E-state index in [1.54, 1.807) is 49.4 Å². The number of hydrazone groups is 1. The van der Waals surface area contributed by atoms with Gasteiger partial charge in [0.05, 0.1) is 18.4 Å². The Labute approximate surface area is 223 Å². The molecule has 4 rings (SSSR count). The molecule has 0 aliphatic rings. The Hall–Kier alpha value is -4.17. The molecule has 0 radical (unpaired) electrons. The van der Waals surface area contributed by atoms with Crippen LogP contribution < -0.4 is 19.6 Å². The van der Waals surface area contributed by atoms with Crippen LogP contribution in [0.5, 0.6) is 17.2 Å². The number of benzene rings is 4. The van der Waals surface area contributed by atoms with Crippen LogP contribution in [0.15, 0.2) is 94.5 Å². The highest BCUT2D eigenvalue weighted by Gasteiger charge is 2.15. The number of nitrogens with one attached hydrogen (secondary N) is 1. The first-order valence-electron chi connectivity index (χ1n) is 11.7. The van der Waals surface area contributed by atoms with E-state index in [0.29, 0.717) is 35.0 Å². The second-order valence-corrected chi connectivity index (χ2v) is 8.95. The third-order valence-corrected chi connectivity index (χ3v) is 5.85. The summed E-state index contributed by atoms with van der Waals surface area (Å²) >= 11 is 3.40. The molecule has 0 aliphatic heterocycles. The number of hydrogen-bond donors (Lipinski definition) is 1. The van der Waals surface area contributed by atoms with Gasteiger partial charge in [-0.3, -0.25) is 4.79 Å². The van der Waals surface area contributed by atoms with Crippen molar-refractivity contribution in [2.45, 2.75) is 20.0 Å². The van der Waals surface area contributed by atoms with E-state index in [-0.39, 0.29) is 0 Å². The van der Waals surface area contributed by atoms with Gasteiger partial charge in [0.25, 0.3) is 5.91 Å². The van der Waals surface area contributed by atoms with Crippen LogP contribution in [0.3, 0.4) is 0 Å². The fraction of sp³-hybridized carbons (Fsp3) is 0.138. The topological polar surface area (TPSA) is 86.2 Å². The molecule has 0 saturated carbocycles. The number of nitrogens with zero attached hydrogens (tertiary/aromatic N) is 1. The van der Waals surface area contributed by atoms with Crippen LogP contribution >= 0.6 is 15.9 Å². The monoisotopic (exact) mass is 560 g/mol. The molecule has 7 nitrogen and oxygen atoms in total. The van der Waals surface area contributed by atoms with Gasteiger partial charge in [-0.1, -0.05) is 46.3 Å². The van der Waals surface area contributed by atoms with Gasteiger partial charge in [-0.25, -0.2) is 10.2 Å². The molecule has 0 saturated heterocycles. The van der Waals surface area contributed by atoms with E-state index < -0.39 is 18.0 Å². The van der Waals surface area contributed by atoms with E-state index in [4.69, 9.17) is 14.2 Å². The van der Waals surface area contributed by atoms with E-state index in [9.17, 15) is 9.59 Å². The van der Waals surface area contributed by atoms with Crippen molar-refractivity contribution in [2.24, 2.45) is 5.10 Å². The Morgan fingerprint density at radius 2 is 1.68 bits per heavy atom. The number of rotatable bonds is 9. The van der Waals surface area contributed by atoms with Gasteiger partial charge in [0.15, 0.2) is 6.10 Å². The number of carbonyl (C=O) groups excluding carboxylic acids is 2. The maximum atomic E-state index is 12.6. The normalized spacial score (nSPS) is 11.8. The fourth-order valence-electron chi connectivity index (χ4n) is 3.48. The lowest BCUT2D eigenvalue weighted by Crippen LogP contribution is -2.33. The molecule has 1 unspecified atom stereocenters. The standard InChI is InChI=1S/C29H25BrN2O5/c1-3-35-25-12-9-21(10-13-25)29(34)37-27-15-11-24(30)16-23(27)18-31-32-28(33)19(2)36-26-14-8-20-6-4-5-7-22(20)17-26/h4-19H,3H2,1-2H3,(H,32,33)/b31-18+. The second-order valence-electron chi connectivity index (χ2n) is 8.03. The van der Waals surface area contributed by atoms with E-state index in [2.05, 4.69) is 26.5 Å². The smallest absolute Gasteiger partial charge is 0.343 e. The van der Waals surface area contributed by atoms with Crippen molar-refractivity contribution in [3.05, 3.63) is 101 Å². The maximum Gasteiger partial charge on any atom is 0.343 e. The SMILES string of the molecule is CCOc1ccc(C(=O)Oc2ccc(Br)cc2/C=N/NC(=O)C(C)Oc2ccc3ccccc3c2)cc1. The van der Waals surface area contributed by atoms with Crippen LogP contribution in [0, 0.1) is 0 Å². The minimum Gasteiger partial charge on any atom is -0.494 e. The van der Waals surface area contributed by atoms with Crippen LogP contribution in [0.4, 0.5) is 0 Å². The van der Waals surface area contributed by atoms with Gasteiger partial charge in [0.2, 0.25) is 0 Å². The van der Waals surface area contributed by atoms with Crippen LogP contribution in [-0.2, 0) is 4.79 Å². The third-order valence-electron chi connectivity index (χ3n) is 5.36. The molecule has 0 aliphatic carbocycles. The van der Waals surface area contributed by atoms with Crippen LogP contribution in [-0.4, -0.2) is 30.8 Å². The largest absolute Gasteiger partial charge is 0.494 e. The van der Waals surface area contributed by atoms with Gasteiger partial charge in [0, 0.05) is 10.0 Å². The lowest BCUT2D eigenvalue weighted by Gasteiger charge is -2.13. The summed E-state index contributed by atoms with van der Waals surface area (Å²) in [7, 11) is 0. The lowest BCUT2D eigenvalue weighted by atomic mass is 10.1. The third kappa shape index (κ3) is 6.95. The Bertz CT molecular complexity index is 1440. The van der Waals surface area contributed by atoms with Gasteiger partial charge in [-0.2, -0.15) is 5.10 Å². The zero-order valence-electron chi connectivity index (χ0n) is 20.3. The first-order valence-corrected chi connectivity index (χ1v) is 12.4. The van der Waals surface area contributed by atoms with Crippen molar-refractivity contribution < 1.29 is 23.8 Å². The van der Waals surface area contributed by atoms with Gasteiger partial charge in [-0.05, 0) is 79.2 Å². The zero-order chi connectivity index (χ0) is 26.2. The average Bonchev–Trinajstić information content (AvgIpc) is 2.90. The summed E-state index contributed by atoms with van der Waals surface area (Å²) in [5, 5.41) is 6.14. The lowest BCUT2D eigenvalue weighted by molar-refractivity contribution is -0.127. The molecular formula is C29H25BrN2O5. The number of fused-ring (bicyclic) bond motifs is 1. The summed E-state index contributed by atoms with van der Waals surface area (Å²) in [5.74, 6) is 0.597. The molecule has 0 heterocycles. The summed E-state index contributed by atoms with van der Waals surface area (Å²) in [4.78, 5) is 25.2. The number of amides is 1. The van der Waals surface area contributed by atoms with E-state index in [1.165, 1.54) is 6.21 Å². The number of halogens is 1. The van der Waals surface area contributed by atoms with Crippen molar-refractivity contribution in [3.8, 4) is 17.2 Å². The molecule has 0 fully saturated rings. The fourth-order valence-corrected chi connectivity index (χ4v) is 3.86. The second kappa shape index (κ2) is 12.2. The molecule has 8 heteroatoms. The molecule has 37 heavy (non-hydrogen) atoms. The molecule has 188 valence electrons. The first-order chi connectivity index (χ1) is 17.9. The minimum atomic E-state index is -0.780. The van der Waals surface area contributed by atoms with Crippen molar-refractivity contribution in [3.63, 3.8) is 0 Å².